The average molecular weight is 326 g/mol. The third-order valence-corrected chi connectivity index (χ3v) is 4.49. The summed E-state index contributed by atoms with van der Waals surface area (Å²) in [5, 5.41) is 3.92. The van der Waals surface area contributed by atoms with E-state index in [4.69, 9.17) is 0 Å². The van der Waals surface area contributed by atoms with E-state index < -0.39 is 0 Å². The second kappa shape index (κ2) is 6.56. The van der Waals surface area contributed by atoms with Crippen LogP contribution in [0.15, 0.2) is 24.3 Å². The molecule has 0 radical (unpaired) electrons. The fourth-order valence-corrected chi connectivity index (χ4v) is 2.25. The van der Waals surface area contributed by atoms with E-state index in [2.05, 4.69) is 48.9 Å². The van der Waals surface area contributed by atoms with Crippen LogP contribution in [0.25, 0.3) is 0 Å². The zero-order valence-electron chi connectivity index (χ0n) is 12.5. The Labute approximate surface area is 125 Å². The van der Waals surface area contributed by atoms with Gasteiger partial charge >= 0.3 is 0 Å². The van der Waals surface area contributed by atoms with Gasteiger partial charge in [0.05, 0.1) is 0 Å². The molecule has 0 aliphatic heterocycles. The van der Waals surface area contributed by atoms with Gasteiger partial charge < -0.3 is 5.32 Å². The van der Waals surface area contributed by atoms with Crippen molar-refractivity contribution >= 4 is 21.8 Å². The lowest BCUT2D eigenvalue weighted by Crippen LogP contribution is -2.37. The molecule has 1 amide bonds. The summed E-state index contributed by atoms with van der Waals surface area (Å²) in [6.45, 7) is 10.7. The Balaban J connectivity index is 2.74. The number of hydrogen-bond donors (Lipinski definition) is 1. The molecule has 106 valence electrons. The molecule has 19 heavy (non-hydrogen) atoms. The molecule has 1 aromatic rings. The van der Waals surface area contributed by atoms with Crippen LogP contribution >= 0.6 is 15.9 Å². The standard InChI is InChI=1S/C16H24BrNO/c1-11(10-17)12(2)18-15(19)13-6-8-14(9-7-13)16(3,4)5/h6-9,11-12H,10H2,1-5H3,(H,18,19). The molecule has 0 bridgehead atoms. The van der Waals surface area contributed by atoms with E-state index in [1.165, 1.54) is 5.56 Å². The first-order valence-electron chi connectivity index (χ1n) is 6.73. The Morgan fingerprint density at radius 3 is 2.16 bits per heavy atom. The highest BCUT2D eigenvalue weighted by Crippen LogP contribution is 2.22. The second-order valence-corrected chi connectivity index (χ2v) is 6.87. The molecular formula is C16H24BrNO. The van der Waals surface area contributed by atoms with Gasteiger partial charge in [-0.1, -0.05) is 55.8 Å². The number of hydrogen-bond acceptors (Lipinski definition) is 1. The van der Waals surface area contributed by atoms with Gasteiger partial charge in [-0.05, 0) is 36.0 Å². The maximum Gasteiger partial charge on any atom is 0.251 e. The summed E-state index contributed by atoms with van der Waals surface area (Å²) in [6.07, 6.45) is 0. The molecule has 0 aliphatic rings. The van der Waals surface area contributed by atoms with Crippen molar-refractivity contribution < 1.29 is 4.79 Å². The Bertz CT molecular complexity index is 419. The summed E-state index contributed by atoms with van der Waals surface area (Å²) < 4.78 is 0. The molecule has 0 fully saturated rings. The van der Waals surface area contributed by atoms with Gasteiger partial charge in [0.1, 0.15) is 0 Å². The second-order valence-electron chi connectivity index (χ2n) is 6.22. The van der Waals surface area contributed by atoms with Crippen LogP contribution in [0.2, 0.25) is 0 Å². The monoisotopic (exact) mass is 325 g/mol. The quantitative estimate of drug-likeness (QED) is 0.828. The van der Waals surface area contributed by atoms with Crippen LogP contribution in [0.5, 0.6) is 0 Å². The van der Waals surface area contributed by atoms with Gasteiger partial charge in [0.15, 0.2) is 0 Å². The number of alkyl halides is 1. The highest BCUT2D eigenvalue weighted by molar-refractivity contribution is 9.09. The summed E-state index contributed by atoms with van der Waals surface area (Å²) in [4.78, 5) is 12.1. The van der Waals surface area contributed by atoms with Crippen molar-refractivity contribution in [2.45, 2.75) is 46.1 Å². The molecular weight excluding hydrogens is 302 g/mol. The summed E-state index contributed by atoms with van der Waals surface area (Å²) in [5.41, 5.74) is 2.08. The molecule has 3 heteroatoms. The van der Waals surface area contributed by atoms with Crippen LogP contribution in [-0.2, 0) is 5.41 Å². The van der Waals surface area contributed by atoms with Gasteiger partial charge in [0.2, 0.25) is 0 Å². The number of halogens is 1. The molecule has 2 atom stereocenters. The number of carbonyl (C=O) groups is 1. The van der Waals surface area contributed by atoms with Crippen molar-refractivity contribution in [3.63, 3.8) is 0 Å². The lowest BCUT2D eigenvalue weighted by molar-refractivity contribution is 0.0931. The molecule has 2 unspecified atom stereocenters. The van der Waals surface area contributed by atoms with Crippen LogP contribution in [0.4, 0.5) is 0 Å². The fraction of sp³-hybridized carbons (Fsp3) is 0.562. The van der Waals surface area contributed by atoms with Crippen molar-refractivity contribution in [3.05, 3.63) is 35.4 Å². The van der Waals surface area contributed by atoms with Crippen LogP contribution in [0.3, 0.4) is 0 Å². The zero-order chi connectivity index (χ0) is 14.6. The number of carbonyl (C=O) groups excluding carboxylic acids is 1. The molecule has 0 spiro atoms. The third-order valence-electron chi connectivity index (χ3n) is 3.47. The molecule has 0 aliphatic carbocycles. The number of rotatable bonds is 4. The van der Waals surface area contributed by atoms with Gasteiger partial charge in [-0.2, -0.15) is 0 Å². The van der Waals surface area contributed by atoms with Gasteiger partial charge in [0, 0.05) is 16.9 Å². The van der Waals surface area contributed by atoms with Crippen LogP contribution in [0.1, 0.15) is 50.5 Å². The first kappa shape index (κ1) is 16.2. The van der Waals surface area contributed by atoms with Crippen molar-refractivity contribution in [3.8, 4) is 0 Å². The van der Waals surface area contributed by atoms with Gasteiger partial charge in [-0.3, -0.25) is 4.79 Å². The SMILES string of the molecule is CC(CBr)C(C)NC(=O)c1ccc(C(C)(C)C)cc1. The smallest absolute Gasteiger partial charge is 0.251 e. The van der Waals surface area contributed by atoms with Crippen molar-refractivity contribution in [1.82, 2.24) is 5.32 Å². The van der Waals surface area contributed by atoms with Crippen molar-refractivity contribution in [2.75, 3.05) is 5.33 Å². The minimum absolute atomic E-state index is 0.000703. The maximum absolute atomic E-state index is 12.1. The highest BCUT2D eigenvalue weighted by atomic mass is 79.9. The molecule has 0 aromatic heterocycles. The third kappa shape index (κ3) is 4.64. The summed E-state index contributed by atoms with van der Waals surface area (Å²) >= 11 is 3.44. The number of nitrogens with one attached hydrogen (secondary N) is 1. The molecule has 0 heterocycles. The zero-order valence-corrected chi connectivity index (χ0v) is 14.0. The first-order chi connectivity index (χ1) is 8.75. The summed E-state index contributed by atoms with van der Waals surface area (Å²) in [6, 6.07) is 8.04. The van der Waals surface area contributed by atoms with E-state index >= 15 is 0 Å². The van der Waals surface area contributed by atoms with Crippen LogP contribution in [-0.4, -0.2) is 17.3 Å². The lowest BCUT2D eigenvalue weighted by Gasteiger charge is -2.21. The van der Waals surface area contributed by atoms with Crippen LogP contribution in [0, 0.1) is 5.92 Å². The lowest BCUT2D eigenvalue weighted by atomic mass is 9.86. The van der Waals surface area contributed by atoms with E-state index in [9.17, 15) is 4.79 Å². The molecule has 0 saturated heterocycles. The normalized spacial score (nSPS) is 14.8. The van der Waals surface area contributed by atoms with E-state index in [1.807, 2.05) is 31.2 Å². The Morgan fingerprint density at radius 2 is 1.74 bits per heavy atom. The maximum atomic E-state index is 12.1. The molecule has 1 rings (SSSR count). The molecule has 1 N–H and O–H groups in total. The average Bonchev–Trinajstić information content (AvgIpc) is 2.36. The number of amides is 1. The molecule has 2 nitrogen and oxygen atoms in total. The highest BCUT2D eigenvalue weighted by Gasteiger charge is 2.17. The first-order valence-corrected chi connectivity index (χ1v) is 7.85. The fourth-order valence-electron chi connectivity index (χ4n) is 1.69. The number of benzene rings is 1. The Hall–Kier alpha value is -0.830. The largest absolute Gasteiger partial charge is 0.349 e. The van der Waals surface area contributed by atoms with Crippen LogP contribution < -0.4 is 5.32 Å². The predicted octanol–water partition coefficient (Wildman–Crippen LogP) is 4.13. The molecule has 1 aromatic carbocycles. The Kier molecular flexibility index (Phi) is 5.60. The van der Waals surface area contributed by atoms with E-state index in [-0.39, 0.29) is 17.4 Å². The van der Waals surface area contributed by atoms with Crippen molar-refractivity contribution in [1.29, 1.82) is 0 Å². The van der Waals surface area contributed by atoms with E-state index in [0.29, 0.717) is 5.92 Å². The van der Waals surface area contributed by atoms with Crippen molar-refractivity contribution in [2.24, 2.45) is 5.92 Å². The minimum Gasteiger partial charge on any atom is -0.349 e. The van der Waals surface area contributed by atoms with Gasteiger partial charge in [-0.25, -0.2) is 0 Å². The van der Waals surface area contributed by atoms with E-state index in [1.54, 1.807) is 0 Å². The minimum atomic E-state index is 0.000703. The summed E-state index contributed by atoms with van der Waals surface area (Å²) in [7, 11) is 0. The van der Waals surface area contributed by atoms with E-state index in [0.717, 1.165) is 10.9 Å². The topological polar surface area (TPSA) is 29.1 Å². The Morgan fingerprint density at radius 1 is 1.21 bits per heavy atom. The van der Waals surface area contributed by atoms with Gasteiger partial charge in [0.25, 0.3) is 5.91 Å². The summed E-state index contributed by atoms with van der Waals surface area (Å²) in [5.74, 6) is 0.415. The van der Waals surface area contributed by atoms with Gasteiger partial charge in [-0.15, -0.1) is 0 Å². The predicted molar refractivity (Wildman–Crippen MR) is 85.0 cm³/mol. The molecule has 0 saturated carbocycles.